The van der Waals surface area contributed by atoms with Crippen LogP contribution in [0.1, 0.15) is 0 Å². The fourth-order valence-electron chi connectivity index (χ4n) is 0.263. The van der Waals surface area contributed by atoms with Crippen molar-refractivity contribution in [3.05, 3.63) is 0 Å². The van der Waals surface area contributed by atoms with Gasteiger partial charge in [0.05, 0.1) is 7.74 Å². The summed E-state index contributed by atoms with van der Waals surface area (Å²) in [6.45, 7) is -0.0625. The Morgan fingerprint density at radius 3 is 2.67 bits per heavy atom. The maximum atomic E-state index is 6.92. The van der Waals surface area contributed by atoms with E-state index in [-0.39, 0.29) is 14.1 Å². The minimum Gasteiger partial charge on any atom is -0.400 e. The summed E-state index contributed by atoms with van der Waals surface area (Å²) in [4.78, 5) is 0. The zero-order valence-electron chi connectivity index (χ0n) is 5.23. The largest absolute Gasteiger partial charge is 0.400 e. The second kappa shape index (κ2) is 3.37. The maximum absolute atomic E-state index is 6.92. The third-order valence-electron chi connectivity index (χ3n) is 0.430. The van der Waals surface area contributed by atoms with Gasteiger partial charge in [0.25, 0.3) is 0 Å². The van der Waals surface area contributed by atoms with E-state index in [4.69, 9.17) is 6.98 Å². The van der Waals surface area contributed by atoms with Gasteiger partial charge in [-0.05, 0) is 1.34 Å². The molecule has 0 aromatic heterocycles. The first-order chi connectivity index (χ1) is 3.13. The first kappa shape index (κ1) is 4.34. The predicted octanol–water partition coefficient (Wildman–Crippen LogP) is -3.95. The van der Waals surface area contributed by atoms with Gasteiger partial charge in [-0.15, -0.1) is 0 Å². The lowest BCUT2D eigenvalue weighted by atomic mass is 9.48. The molecule has 0 aliphatic carbocycles. The highest BCUT2D eigenvalue weighted by atomic mass is 14.7. The lowest BCUT2D eigenvalue weighted by Gasteiger charge is -1.95. The second-order valence-electron chi connectivity index (χ2n) is 1.24. The molecule has 0 saturated heterocycles. The molecule has 0 amide bonds. The first-order valence-electron chi connectivity index (χ1n) is 2.64. The van der Waals surface area contributed by atoms with Crippen LogP contribution in [0.25, 0.3) is 0 Å². The van der Waals surface area contributed by atoms with Crippen LogP contribution in [0.2, 0.25) is 0 Å². The molecule has 0 atom stereocenters. The molecule has 6 heteroatoms. The van der Waals surface area contributed by atoms with Crippen molar-refractivity contribution in [2.24, 2.45) is 5.64 Å². The molecule has 0 saturated carbocycles. The van der Waals surface area contributed by atoms with Gasteiger partial charge in [-0.3, -0.25) is 0 Å². The van der Waals surface area contributed by atoms with Crippen LogP contribution in [-0.2, 0) is 0 Å². The molecule has 30 valence electrons. The second-order valence-corrected chi connectivity index (χ2v) is 1.24. The van der Waals surface area contributed by atoms with Crippen LogP contribution in [0.3, 0.4) is 0 Å². The Kier molecular flexibility index (Phi) is 2.44. The molecule has 3 N–H and O–H groups in total. The van der Waals surface area contributed by atoms with Crippen molar-refractivity contribution in [1.29, 1.82) is 1.34 Å². The SMILES string of the molecule is [3H]B(B)NB(B)N. The van der Waals surface area contributed by atoms with Crippen LogP contribution in [-0.4, -0.2) is 31.0 Å². The van der Waals surface area contributed by atoms with Crippen molar-refractivity contribution in [1.82, 2.24) is 5.14 Å². The summed E-state index contributed by atoms with van der Waals surface area (Å²) >= 11 is 0. The number of hydrogen-bond acceptors (Lipinski definition) is 2. The Hall–Kier alpha value is 0.180. The van der Waals surface area contributed by atoms with Gasteiger partial charge in [-0.1, -0.05) is 0 Å². The molecular weight excluding hydrogens is 71.3 g/mol. The summed E-state index contributed by atoms with van der Waals surface area (Å²) in [7, 11) is 3.30. The highest BCUT2D eigenvalue weighted by molar-refractivity contribution is 7.06. The molecule has 0 rings (SSSR count). The zero-order chi connectivity index (χ0) is 5.86. The van der Waals surface area contributed by atoms with E-state index in [1.165, 1.54) is 0 Å². The standard InChI is InChI=1S/B4H8N2/c1-3-6-4(2)5/h3,6H,1-2,5H2/i3T. The lowest BCUT2D eigenvalue weighted by molar-refractivity contribution is 1.54. The number of hydrogen-bond donors (Lipinski definition) is 2. The van der Waals surface area contributed by atoms with Crippen molar-refractivity contribution < 1.29 is 0 Å². The van der Waals surface area contributed by atoms with Gasteiger partial charge >= 0.3 is 0 Å². The van der Waals surface area contributed by atoms with E-state index in [9.17, 15) is 0 Å². The number of rotatable bonds is 2. The Bertz CT molecular complexity index is 39.0. The summed E-state index contributed by atoms with van der Waals surface area (Å²) in [6.07, 6.45) is 0. The van der Waals surface area contributed by atoms with Gasteiger partial charge in [-0.2, -0.15) is 0 Å². The van der Waals surface area contributed by atoms with Gasteiger partial charge in [0.15, 0.2) is 0 Å². The molecular formula is H8B4N2. The average Bonchev–Trinajstić information content (AvgIpc) is 1.27. The number of nitrogens with one attached hydrogen (secondary N) is 1. The molecule has 6 heavy (non-hydrogen) atoms. The molecule has 0 aromatic carbocycles. The summed E-state index contributed by atoms with van der Waals surface area (Å²) < 4.78 is 6.92. The van der Waals surface area contributed by atoms with E-state index >= 15 is 0 Å². The average molecular weight is 81.3 g/mol. The molecule has 0 unspecified atom stereocenters. The molecule has 0 radical (unpaired) electrons. The van der Waals surface area contributed by atoms with E-state index in [1.807, 2.05) is 7.74 Å². The van der Waals surface area contributed by atoms with Crippen LogP contribution in [0.4, 0.5) is 0 Å². The maximum Gasteiger partial charge on any atom is 0.240 e. The van der Waals surface area contributed by atoms with Gasteiger partial charge in [0.1, 0.15) is 15.0 Å². The molecule has 2 nitrogen and oxygen atoms in total. The Morgan fingerprint density at radius 2 is 2.67 bits per heavy atom. The molecule has 0 aliphatic rings. The smallest absolute Gasteiger partial charge is 0.240 e. The monoisotopic (exact) mass is 82.1 g/mol. The van der Waals surface area contributed by atoms with Crippen molar-refractivity contribution >= 4 is 29.6 Å². The summed E-state index contributed by atoms with van der Waals surface area (Å²) in [5, 5.41) is 2.75. The minimum absolute atomic E-state index is 0.0625. The fourth-order valence-corrected chi connectivity index (χ4v) is 0.263. The van der Waals surface area contributed by atoms with Crippen LogP contribution < -0.4 is 10.8 Å². The third-order valence-corrected chi connectivity index (χ3v) is 0.430. The van der Waals surface area contributed by atoms with Crippen molar-refractivity contribution in [3.8, 4) is 0 Å². The first-order valence-corrected chi connectivity index (χ1v) is 2.07. The van der Waals surface area contributed by atoms with Crippen molar-refractivity contribution in [3.63, 3.8) is 0 Å². The normalized spacial score (nSPS) is 9.83. The van der Waals surface area contributed by atoms with Crippen molar-refractivity contribution in [2.45, 2.75) is 0 Å². The van der Waals surface area contributed by atoms with Crippen LogP contribution >= 0.6 is 0 Å². The summed E-state index contributed by atoms with van der Waals surface area (Å²) in [5.41, 5.74) is 5.26. The minimum atomic E-state index is -0.250. The highest BCUT2D eigenvalue weighted by Gasteiger charge is 1.91. The van der Waals surface area contributed by atoms with Gasteiger partial charge in [-0.25, -0.2) is 0 Å². The predicted molar refractivity (Wildman–Crippen MR) is 37.3 cm³/mol. The summed E-state index contributed by atoms with van der Waals surface area (Å²) in [6, 6.07) is 0. The number of nitrogens with two attached hydrogens (primary N) is 1. The lowest BCUT2D eigenvalue weighted by Crippen LogP contribution is -2.45. The van der Waals surface area contributed by atoms with E-state index in [0.717, 1.165) is 0 Å². The Balaban J connectivity index is 2.95. The van der Waals surface area contributed by atoms with E-state index in [1.54, 1.807) is 7.74 Å². The quantitative estimate of drug-likeness (QED) is 0.333. The summed E-state index contributed by atoms with van der Waals surface area (Å²) in [5.74, 6) is 0. The van der Waals surface area contributed by atoms with Crippen molar-refractivity contribution in [2.75, 3.05) is 0 Å². The molecule has 0 fully saturated rings. The molecule has 0 heterocycles. The van der Waals surface area contributed by atoms with E-state index in [2.05, 4.69) is 5.14 Å². The Morgan fingerprint density at radius 1 is 2.17 bits per heavy atom. The topological polar surface area (TPSA) is 38.0 Å². The van der Waals surface area contributed by atoms with E-state index < -0.39 is 0 Å². The van der Waals surface area contributed by atoms with Gasteiger partial charge < -0.3 is 10.8 Å². The molecule has 0 spiro atoms. The molecule has 0 aliphatic heterocycles. The van der Waals surface area contributed by atoms with Gasteiger partial charge in [0, 0.05) is 0 Å². The van der Waals surface area contributed by atoms with E-state index in [0.29, 0.717) is 0 Å². The Labute approximate surface area is 42.8 Å². The molecule has 0 bridgehead atoms. The zero-order valence-corrected chi connectivity index (χ0v) is 4.23. The molecule has 0 aromatic rings. The third kappa shape index (κ3) is 4.18. The fraction of sp³-hybridized carbons (Fsp3) is 0. The van der Waals surface area contributed by atoms with Crippen LogP contribution in [0.15, 0.2) is 0 Å². The highest BCUT2D eigenvalue weighted by Crippen LogP contribution is 1.39. The van der Waals surface area contributed by atoms with Crippen LogP contribution in [0.5, 0.6) is 0 Å². The van der Waals surface area contributed by atoms with Gasteiger partial charge in [0.2, 0.25) is 6.87 Å². The van der Waals surface area contributed by atoms with Crippen LogP contribution in [0, 0.1) is 0 Å².